The second-order valence-electron chi connectivity index (χ2n) is 5.11. The molecule has 2 unspecified atom stereocenters. The van der Waals surface area contributed by atoms with Gasteiger partial charge in [-0.1, -0.05) is 13.8 Å². The van der Waals surface area contributed by atoms with Crippen LogP contribution in [0.5, 0.6) is 0 Å². The van der Waals surface area contributed by atoms with Gasteiger partial charge < -0.3 is 10.2 Å². The van der Waals surface area contributed by atoms with Gasteiger partial charge in [0.1, 0.15) is 0 Å². The standard InChI is InChI=1S/C13H22N2S/c1-10(2)11-6-12(14-3)8-15(7-11)13-4-5-16-9-13/h4-5,9-12,14H,6-8H2,1-3H3. The van der Waals surface area contributed by atoms with Gasteiger partial charge in [-0.3, -0.25) is 0 Å². The Bertz CT molecular complexity index is 308. The molecule has 1 aliphatic heterocycles. The zero-order chi connectivity index (χ0) is 11.5. The molecule has 1 fully saturated rings. The molecule has 0 aliphatic carbocycles. The Kier molecular flexibility index (Phi) is 3.87. The van der Waals surface area contributed by atoms with E-state index in [1.165, 1.54) is 18.7 Å². The molecule has 16 heavy (non-hydrogen) atoms. The molecule has 3 heteroatoms. The third-order valence-corrected chi connectivity index (χ3v) is 4.38. The van der Waals surface area contributed by atoms with E-state index in [4.69, 9.17) is 0 Å². The van der Waals surface area contributed by atoms with Crippen LogP contribution in [-0.2, 0) is 0 Å². The van der Waals surface area contributed by atoms with Crippen LogP contribution in [0, 0.1) is 11.8 Å². The van der Waals surface area contributed by atoms with Crippen LogP contribution >= 0.6 is 11.3 Å². The first-order valence-electron chi connectivity index (χ1n) is 6.15. The summed E-state index contributed by atoms with van der Waals surface area (Å²) in [6.45, 7) is 7.05. The van der Waals surface area contributed by atoms with Crippen LogP contribution in [0.15, 0.2) is 16.8 Å². The van der Waals surface area contributed by atoms with E-state index >= 15 is 0 Å². The number of nitrogens with zero attached hydrogens (tertiary/aromatic N) is 1. The number of piperidine rings is 1. The molecular weight excluding hydrogens is 216 g/mol. The van der Waals surface area contributed by atoms with E-state index in [1.54, 1.807) is 11.3 Å². The molecule has 0 radical (unpaired) electrons. The van der Waals surface area contributed by atoms with Gasteiger partial charge in [0.2, 0.25) is 0 Å². The third kappa shape index (κ3) is 2.58. The molecule has 1 N–H and O–H groups in total. The summed E-state index contributed by atoms with van der Waals surface area (Å²) in [4.78, 5) is 2.53. The predicted molar refractivity (Wildman–Crippen MR) is 72.3 cm³/mol. The quantitative estimate of drug-likeness (QED) is 0.871. The SMILES string of the molecule is CNC1CC(C(C)C)CN(c2ccsc2)C1. The zero-order valence-corrected chi connectivity index (χ0v) is 11.3. The van der Waals surface area contributed by atoms with E-state index in [9.17, 15) is 0 Å². The molecule has 1 saturated heterocycles. The van der Waals surface area contributed by atoms with Crippen LogP contribution in [0.2, 0.25) is 0 Å². The molecule has 0 amide bonds. The molecule has 2 rings (SSSR count). The molecule has 1 aromatic rings. The fraction of sp³-hybridized carbons (Fsp3) is 0.692. The molecule has 90 valence electrons. The summed E-state index contributed by atoms with van der Waals surface area (Å²) in [6, 6.07) is 2.88. The fourth-order valence-corrected chi connectivity index (χ4v) is 3.14. The van der Waals surface area contributed by atoms with Gasteiger partial charge in [0.05, 0.1) is 0 Å². The molecule has 0 spiro atoms. The zero-order valence-electron chi connectivity index (χ0n) is 10.4. The molecule has 0 aromatic carbocycles. The van der Waals surface area contributed by atoms with Gasteiger partial charge in [-0.15, -0.1) is 0 Å². The molecule has 0 saturated carbocycles. The number of hydrogen-bond acceptors (Lipinski definition) is 3. The van der Waals surface area contributed by atoms with E-state index in [-0.39, 0.29) is 0 Å². The van der Waals surface area contributed by atoms with Gasteiger partial charge in [0, 0.05) is 30.2 Å². The first-order valence-corrected chi connectivity index (χ1v) is 7.09. The van der Waals surface area contributed by atoms with Crippen molar-refractivity contribution in [2.45, 2.75) is 26.3 Å². The summed E-state index contributed by atoms with van der Waals surface area (Å²) in [5, 5.41) is 7.87. The van der Waals surface area contributed by atoms with Crippen molar-refractivity contribution < 1.29 is 0 Å². The lowest BCUT2D eigenvalue weighted by Crippen LogP contribution is -2.49. The minimum Gasteiger partial charge on any atom is -0.369 e. The first kappa shape index (κ1) is 11.9. The van der Waals surface area contributed by atoms with Crippen molar-refractivity contribution in [2.75, 3.05) is 25.0 Å². The first-order chi connectivity index (χ1) is 7.70. The van der Waals surface area contributed by atoms with Gasteiger partial charge in [0.25, 0.3) is 0 Å². The van der Waals surface area contributed by atoms with E-state index in [1.807, 2.05) is 0 Å². The monoisotopic (exact) mass is 238 g/mol. The minimum absolute atomic E-state index is 0.640. The summed E-state index contributed by atoms with van der Waals surface area (Å²) in [5.74, 6) is 1.59. The van der Waals surface area contributed by atoms with E-state index in [2.05, 4.69) is 47.9 Å². The highest BCUT2D eigenvalue weighted by atomic mass is 32.1. The molecule has 2 nitrogen and oxygen atoms in total. The Morgan fingerprint density at radius 2 is 2.25 bits per heavy atom. The summed E-state index contributed by atoms with van der Waals surface area (Å²) >= 11 is 1.79. The molecule has 1 aromatic heterocycles. The average molecular weight is 238 g/mol. The van der Waals surface area contributed by atoms with Crippen LogP contribution in [-0.4, -0.2) is 26.2 Å². The molecule has 1 aliphatic rings. The van der Waals surface area contributed by atoms with Crippen molar-refractivity contribution >= 4 is 17.0 Å². The van der Waals surface area contributed by atoms with Gasteiger partial charge >= 0.3 is 0 Å². The van der Waals surface area contributed by atoms with Crippen LogP contribution in [0.4, 0.5) is 5.69 Å². The largest absolute Gasteiger partial charge is 0.369 e. The Labute approximate surface area is 103 Å². The minimum atomic E-state index is 0.640. The number of anilines is 1. The van der Waals surface area contributed by atoms with Crippen molar-refractivity contribution in [1.82, 2.24) is 5.32 Å². The Balaban J connectivity index is 2.08. The lowest BCUT2D eigenvalue weighted by Gasteiger charge is -2.40. The highest BCUT2D eigenvalue weighted by molar-refractivity contribution is 7.08. The van der Waals surface area contributed by atoms with E-state index < -0.39 is 0 Å². The Morgan fingerprint density at radius 1 is 1.44 bits per heavy atom. The van der Waals surface area contributed by atoms with Gasteiger partial charge in [-0.25, -0.2) is 0 Å². The fourth-order valence-electron chi connectivity index (χ4n) is 2.48. The summed E-state index contributed by atoms with van der Waals surface area (Å²) < 4.78 is 0. The number of likely N-dealkylation sites (N-methyl/N-ethyl adjacent to an activating group) is 1. The van der Waals surface area contributed by atoms with Crippen LogP contribution in [0.25, 0.3) is 0 Å². The maximum atomic E-state index is 3.44. The molecule has 2 heterocycles. The maximum absolute atomic E-state index is 3.44. The lowest BCUT2D eigenvalue weighted by molar-refractivity contribution is 0.280. The van der Waals surface area contributed by atoms with Crippen molar-refractivity contribution in [3.05, 3.63) is 16.8 Å². The predicted octanol–water partition coefficient (Wildman–Crippen LogP) is 2.82. The van der Waals surface area contributed by atoms with E-state index in [0.717, 1.165) is 18.4 Å². The van der Waals surface area contributed by atoms with Crippen LogP contribution in [0.1, 0.15) is 20.3 Å². The van der Waals surface area contributed by atoms with Crippen molar-refractivity contribution in [3.63, 3.8) is 0 Å². The molecule has 2 atom stereocenters. The van der Waals surface area contributed by atoms with Crippen molar-refractivity contribution in [3.8, 4) is 0 Å². The van der Waals surface area contributed by atoms with Gasteiger partial charge in [0.15, 0.2) is 0 Å². The average Bonchev–Trinajstić information content (AvgIpc) is 2.81. The normalized spacial score (nSPS) is 26.4. The molecular formula is C13H22N2S. The number of nitrogens with one attached hydrogen (secondary N) is 1. The summed E-state index contributed by atoms with van der Waals surface area (Å²) in [5.41, 5.74) is 1.40. The topological polar surface area (TPSA) is 15.3 Å². The maximum Gasteiger partial charge on any atom is 0.0475 e. The Hall–Kier alpha value is -0.540. The van der Waals surface area contributed by atoms with Gasteiger partial charge in [-0.2, -0.15) is 11.3 Å². The third-order valence-electron chi connectivity index (χ3n) is 3.71. The lowest BCUT2D eigenvalue weighted by atomic mass is 9.85. The van der Waals surface area contributed by atoms with Gasteiger partial charge in [-0.05, 0) is 36.8 Å². The second kappa shape index (κ2) is 5.19. The van der Waals surface area contributed by atoms with Crippen molar-refractivity contribution in [2.24, 2.45) is 11.8 Å². The number of thiophene rings is 1. The highest BCUT2D eigenvalue weighted by Crippen LogP contribution is 2.28. The van der Waals surface area contributed by atoms with Crippen LogP contribution in [0.3, 0.4) is 0 Å². The summed E-state index contributed by atoms with van der Waals surface area (Å²) in [6.07, 6.45) is 1.31. The van der Waals surface area contributed by atoms with Crippen LogP contribution < -0.4 is 10.2 Å². The highest BCUT2D eigenvalue weighted by Gasteiger charge is 2.28. The van der Waals surface area contributed by atoms with Crippen molar-refractivity contribution in [1.29, 1.82) is 0 Å². The Morgan fingerprint density at radius 3 is 2.81 bits per heavy atom. The second-order valence-corrected chi connectivity index (χ2v) is 5.89. The summed E-state index contributed by atoms with van der Waals surface area (Å²) in [7, 11) is 2.08. The number of rotatable bonds is 3. The molecule has 0 bridgehead atoms. The smallest absolute Gasteiger partial charge is 0.0475 e. The van der Waals surface area contributed by atoms with E-state index in [0.29, 0.717) is 6.04 Å². The number of hydrogen-bond donors (Lipinski definition) is 1.